The molecule has 0 spiro atoms. The number of hydrogen-bond donors (Lipinski definition) is 1. The standard InChI is InChI=1S/C12H21N3O3/c1-5-18-12(17)10-6-13-15(4)11(10)8-14(3)7-9(2)16/h6,9,16H,5,7-8H2,1-4H3. The van der Waals surface area contributed by atoms with Crippen molar-refractivity contribution >= 4 is 5.97 Å². The largest absolute Gasteiger partial charge is 0.462 e. The summed E-state index contributed by atoms with van der Waals surface area (Å²) in [5, 5.41) is 13.4. The van der Waals surface area contributed by atoms with Gasteiger partial charge in [-0.2, -0.15) is 5.10 Å². The monoisotopic (exact) mass is 255 g/mol. The fraction of sp³-hybridized carbons (Fsp3) is 0.667. The fourth-order valence-corrected chi connectivity index (χ4v) is 1.80. The molecule has 0 aliphatic heterocycles. The number of carbonyl (C=O) groups is 1. The Bertz CT molecular complexity index is 401. The third kappa shape index (κ3) is 3.82. The van der Waals surface area contributed by atoms with Gasteiger partial charge >= 0.3 is 5.97 Å². The van der Waals surface area contributed by atoms with E-state index in [0.29, 0.717) is 25.3 Å². The van der Waals surface area contributed by atoms with Gasteiger partial charge in [0.25, 0.3) is 0 Å². The molecule has 1 atom stereocenters. The summed E-state index contributed by atoms with van der Waals surface area (Å²) in [6.45, 7) is 4.92. The Labute approximate surface area is 107 Å². The van der Waals surface area contributed by atoms with Gasteiger partial charge in [0.15, 0.2) is 0 Å². The molecular formula is C12H21N3O3. The lowest BCUT2D eigenvalue weighted by Crippen LogP contribution is -2.28. The number of esters is 1. The van der Waals surface area contributed by atoms with Crippen LogP contribution < -0.4 is 0 Å². The number of likely N-dealkylation sites (N-methyl/N-ethyl adjacent to an activating group) is 1. The predicted octanol–water partition coefficient (Wildman–Crippen LogP) is 0.409. The van der Waals surface area contributed by atoms with Crippen molar-refractivity contribution in [2.45, 2.75) is 26.5 Å². The summed E-state index contributed by atoms with van der Waals surface area (Å²) in [4.78, 5) is 13.7. The normalized spacial score (nSPS) is 12.8. The van der Waals surface area contributed by atoms with Gasteiger partial charge in [-0.3, -0.25) is 9.58 Å². The molecule has 0 amide bonds. The Morgan fingerprint density at radius 1 is 1.67 bits per heavy atom. The molecule has 6 heteroatoms. The van der Waals surface area contributed by atoms with Gasteiger partial charge in [-0.05, 0) is 20.9 Å². The number of ether oxygens (including phenoxy) is 1. The molecular weight excluding hydrogens is 234 g/mol. The van der Waals surface area contributed by atoms with Gasteiger partial charge in [0.05, 0.1) is 24.6 Å². The SMILES string of the molecule is CCOC(=O)c1cnn(C)c1CN(C)CC(C)O. The summed E-state index contributed by atoms with van der Waals surface area (Å²) >= 11 is 0. The lowest BCUT2D eigenvalue weighted by atomic mass is 10.2. The van der Waals surface area contributed by atoms with Crippen LogP contribution in [0.15, 0.2) is 6.20 Å². The maximum Gasteiger partial charge on any atom is 0.341 e. The van der Waals surface area contributed by atoms with Crippen LogP contribution in [0.25, 0.3) is 0 Å². The Morgan fingerprint density at radius 3 is 2.89 bits per heavy atom. The third-order valence-electron chi connectivity index (χ3n) is 2.55. The minimum atomic E-state index is -0.408. The molecule has 0 saturated heterocycles. The van der Waals surface area contributed by atoms with E-state index < -0.39 is 6.10 Å². The summed E-state index contributed by atoms with van der Waals surface area (Å²) in [7, 11) is 3.67. The van der Waals surface area contributed by atoms with E-state index in [1.807, 2.05) is 11.9 Å². The molecule has 1 heterocycles. The topological polar surface area (TPSA) is 67.6 Å². The zero-order chi connectivity index (χ0) is 13.7. The zero-order valence-corrected chi connectivity index (χ0v) is 11.4. The highest BCUT2D eigenvalue weighted by Crippen LogP contribution is 2.11. The second-order valence-corrected chi connectivity index (χ2v) is 4.39. The van der Waals surface area contributed by atoms with E-state index in [0.717, 1.165) is 5.69 Å². The highest BCUT2D eigenvalue weighted by Gasteiger charge is 2.18. The van der Waals surface area contributed by atoms with Crippen molar-refractivity contribution in [3.05, 3.63) is 17.5 Å². The lowest BCUT2D eigenvalue weighted by molar-refractivity contribution is 0.0523. The second kappa shape index (κ2) is 6.51. The van der Waals surface area contributed by atoms with Crippen LogP contribution in [0.1, 0.15) is 29.9 Å². The first-order chi connectivity index (χ1) is 8.45. The van der Waals surface area contributed by atoms with E-state index in [2.05, 4.69) is 5.10 Å². The molecule has 0 saturated carbocycles. The van der Waals surface area contributed by atoms with Crippen molar-refractivity contribution < 1.29 is 14.6 Å². The first-order valence-electron chi connectivity index (χ1n) is 6.00. The van der Waals surface area contributed by atoms with E-state index in [1.54, 1.807) is 25.6 Å². The molecule has 102 valence electrons. The smallest absolute Gasteiger partial charge is 0.341 e. The van der Waals surface area contributed by atoms with Crippen LogP contribution in [0.5, 0.6) is 0 Å². The Kier molecular flexibility index (Phi) is 5.30. The Balaban J connectivity index is 2.81. The van der Waals surface area contributed by atoms with Crippen LogP contribution in [0, 0.1) is 0 Å². The molecule has 0 fully saturated rings. The zero-order valence-electron chi connectivity index (χ0n) is 11.4. The molecule has 1 aromatic heterocycles. The molecule has 1 rings (SSSR count). The number of rotatable bonds is 6. The Hall–Kier alpha value is -1.40. The molecule has 1 aromatic rings. The summed E-state index contributed by atoms with van der Waals surface area (Å²) < 4.78 is 6.64. The molecule has 1 N–H and O–H groups in total. The highest BCUT2D eigenvalue weighted by atomic mass is 16.5. The minimum Gasteiger partial charge on any atom is -0.462 e. The van der Waals surface area contributed by atoms with Gasteiger partial charge in [0.2, 0.25) is 0 Å². The quantitative estimate of drug-likeness (QED) is 0.746. The van der Waals surface area contributed by atoms with Crippen LogP contribution in [0.4, 0.5) is 0 Å². The van der Waals surface area contributed by atoms with Crippen molar-refractivity contribution in [1.29, 1.82) is 0 Å². The molecule has 0 bridgehead atoms. The number of aromatic nitrogens is 2. The molecule has 0 aliphatic carbocycles. The van der Waals surface area contributed by atoms with Gasteiger partial charge in [-0.1, -0.05) is 0 Å². The van der Waals surface area contributed by atoms with Crippen molar-refractivity contribution in [3.8, 4) is 0 Å². The van der Waals surface area contributed by atoms with E-state index in [4.69, 9.17) is 4.74 Å². The molecule has 18 heavy (non-hydrogen) atoms. The van der Waals surface area contributed by atoms with Crippen molar-refractivity contribution in [2.75, 3.05) is 20.2 Å². The van der Waals surface area contributed by atoms with Gasteiger partial charge in [0, 0.05) is 20.1 Å². The highest BCUT2D eigenvalue weighted by molar-refractivity contribution is 5.90. The first-order valence-corrected chi connectivity index (χ1v) is 6.00. The number of hydrogen-bond acceptors (Lipinski definition) is 5. The predicted molar refractivity (Wildman–Crippen MR) is 67.2 cm³/mol. The third-order valence-corrected chi connectivity index (χ3v) is 2.55. The number of aliphatic hydroxyl groups is 1. The average Bonchev–Trinajstić information content (AvgIpc) is 2.60. The van der Waals surface area contributed by atoms with Crippen LogP contribution in [0.2, 0.25) is 0 Å². The number of aliphatic hydroxyl groups excluding tert-OH is 1. The summed E-state index contributed by atoms with van der Waals surface area (Å²) in [5.41, 5.74) is 1.27. The number of nitrogens with zero attached hydrogens (tertiary/aromatic N) is 3. The average molecular weight is 255 g/mol. The summed E-state index contributed by atoms with van der Waals surface area (Å²) in [5.74, 6) is -0.356. The Morgan fingerprint density at radius 2 is 2.33 bits per heavy atom. The van der Waals surface area contributed by atoms with Crippen LogP contribution in [0.3, 0.4) is 0 Å². The molecule has 6 nitrogen and oxygen atoms in total. The van der Waals surface area contributed by atoms with E-state index >= 15 is 0 Å². The van der Waals surface area contributed by atoms with Crippen LogP contribution in [-0.2, 0) is 18.3 Å². The summed E-state index contributed by atoms with van der Waals surface area (Å²) in [6, 6.07) is 0. The number of carbonyl (C=O) groups excluding carboxylic acids is 1. The van der Waals surface area contributed by atoms with Crippen LogP contribution >= 0.6 is 0 Å². The first kappa shape index (κ1) is 14.7. The van der Waals surface area contributed by atoms with E-state index in [1.165, 1.54) is 6.20 Å². The second-order valence-electron chi connectivity index (χ2n) is 4.39. The van der Waals surface area contributed by atoms with E-state index in [9.17, 15) is 9.90 Å². The maximum atomic E-state index is 11.7. The lowest BCUT2D eigenvalue weighted by Gasteiger charge is -2.18. The van der Waals surface area contributed by atoms with Crippen molar-refractivity contribution in [1.82, 2.24) is 14.7 Å². The van der Waals surface area contributed by atoms with Crippen molar-refractivity contribution in [2.24, 2.45) is 7.05 Å². The molecule has 0 aliphatic rings. The summed E-state index contributed by atoms with van der Waals surface area (Å²) in [6.07, 6.45) is 1.11. The molecule has 0 radical (unpaired) electrons. The maximum absolute atomic E-state index is 11.7. The number of aryl methyl sites for hydroxylation is 1. The van der Waals surface area contributed by atoms with Gasteiger partial charge < -0.3 is 9.84 Å². The van der Waals surface area contributed by atoms with E-state index in [-0.39, 0.29) is 5.97 Å². The molecule has 1 unspecified atom stereocenters. The van der Waals surface area contributed by atoms with Gasteiger partial charge in [-0.25, -0.2) is 4.79 Å². The minimum absolute atomic E-state index is 0.344. The van der Waals surface area contributed by atoms with Crippen molar-refractivity contribution in [3.63, 3.8) is 0 Å². The van der Waals surface area contributed by atoms with Gasteiger partial charge in [0.1, 0.15) is 5.56 Å². The molecule has 0 aromatic carbocycles. The fourth-order valence-electron chi connectivity index (χ4n) is 1.80. The van der Waals surface area contributed by atoms with Crippen LogP contribution in [-0.4, -0.2) is 52.1 Å². The van der Waals surface area contributed by atoms with Gasteiger partial charge in [-0.15, -0.1) is 0 Å².